The number of nitrogens with two attached hydrogens (primary N) is 1. The van der Waals surface area contributed by atoms with Crippen LogP contribution in [0.5, 0.6) is 0 Å². The summed E-state index contributed by atoms with van der Waals surface area (Å²) < 4.78 is 0. The molecule has 0 saturated carbocycles. The second-order valence-corrected chi connectivity index (χ2v) is 7.59. The van der Waals surface area contributed by atoms with Gasteiger partial charge in [-0.15, -0.1) is 0 Å². The lowest BCUT2D eigenvalue weighted by molar-refractivity contribution is -0.131. The molecule has 0 heterocycles. The van der Waals surface area contributed by atoms with Crippen molar-refractivity contribution in [1.82, 2.24) is 4.90 Å². The summed E-state index contributed by atoms with van der Waals surface area (Å²) in [6.45, 7) is 3.72. The van der Waals surface area contributed by atoms with Crippen molar-refractivity contribution in [2.24, 2.45) is 5.73 Å². The monoisotopic (exact) mass is 370 g/mol. The van der Waals surface area contributed by atoms with E-state index in [-0.39, 0.29) is 12.5 Å². The number of aliphatic hydroxyl groups excluding tert-OH is 1. The second-order valence-electron chi connectivity index (χ2n) is 7.59. The Morgan fingerprint density at radius 3 is 1.54 bits per heavy atom. The topological polar surface area (TPSA) is 66.6 Å². The fourth-order valence-electron chi connectivity index (χ4n) is 3.44. The van der Waals surface area contributed by atoms with Gasteiger partial charge in [0.25, 0.3) is 0 Å². The highest BCUT2D eigenvalue weighted by Crippen LogP contribution is 2.14. The van der Waals surface area contributed by atoms with Gasteiger partial charge in [0, 0.05) is 26.1 Å². The van der Waals surface area contributed by atoms with Gasteiger partial charge < -0.3 is 15.7 Å². The smallest absolute Gasteiger partial charge is 0.222 e. The molecule has 0 aliphatic heterocycles. The number of aliphatic hydroxyl groups is 1. The molecule has 4 nitrogen and oxygen atoms in total. The third kappa shape index (κ3) is 16.8. The average molecular weight is 371 g/mol. The number of carbonyl (C=O) groups is 1. The molecule has 156 valence electrons. The van der Waals surface area contributed by atoms with Crippen molar-refractivity contribution in [1.29, 1.82) is 0 Å². The van der Waals surface area contributed by atoms with Crippen LogP contribution in [0.3, 0.4) is 0 Å². The number of amides is 1. The summed E-state index contributed by atoms with van der Waals surface area (Å²) in [5.74, 6) is 0.138. The third-order valence-corrected chi connectivity index (χ3v) is 5.12. The minimum atomic E-state index is 0.0184. The van der Waals surface area contributed by atoms with Crippen LogP contribution in [-0.4, -0.2) is 42.2 Å². The van der Waals surface area contributed by atoms with Gasteiger partial charge in [-0.1, -0.05) is 96.8 Å². The predicted molar refractivity (Wildman–Crippen MR) is 112 cm³/mol. The molecule has 0 atom stereocenters. The molecule has 0 saturated heterocycles. The highest BCUT2D eigenvalue weighted by Gasteiger charge is 2.11. The van der Waals surface area contributed by atoms with Crippen LogP contribution in [0.2, 0.25) is 0 Å². The molecule has 0 aliphatic carbocycles. The van der Waals surface area contributed by atoms with E-state index in [2.05, 4.69) is 6.92 Å². The van der Waals surface area contributed by atoms with Crippen LogP contribution in [0.4, 0.5) is 0 Å². The van der Waals surface area contributed by atoms with Crippen LogP contribution in [0.1, 0.15) is 110 Å². The molecule has 0 rings (SSSR count). The van der Waals surface area contributed by atoms with Gasteiger partial charge in [-0.2, -0.15) is 0 Å². The van der Waals surface area contributed by atoms with E-state index in [1.807, 2.05) is 0 Å². The maximum Gasteiger partial charge on any atom is 0.222 e. The lowest BCUT2D eigenvalue weighted by Gasteiger charge is -2.20. The molecule has 0 unspecified atom stereocenters. The maximum atomic E-state index is 12.0. The zero-order chi connectivity index (χ0) is 19.3. The molecule has 0 aliphatic rings. The molecule has 0 radical (unpaired) electrons. The first kappa shape index (κ1) is 25.4. The maximum absolute atomic E-state index is 12.0. The quantitative estimate of drug-likeness (QED) is 0.295. The fraction of sp³-hybridized carbons (Fsp3) is 0.955. The van der Waals surface area contributed by atoms with Crippen LogP contribution in [0.25, 0.3) is 0 Å². The zero-order valence-corrected chi connectivity index (χ0v) is 17.5. The van der Waals surface area contributed by atoms with Crippen molar-refractivity contribution in [3.05, 3.63) is 0 Å². The van der Waals surface area contributed by atoms with Crippen LogP contribution in [-0.2, 0) is 4.79 Å². The van der Waals surface area contributed by atoms with Gasteiger partial charge in [0.15, 0.2) is 0 Å². The van der Waals surface area contributed by atoms with Crippen LogP contribution in [0, 0.1) is 0 Å². The number of carbonyl (C=O) groups excluding carboxylic acids is 1. The molecular weight excluding hydrogens is 324 g/mol. The standard InChI is InChI=1S/C22H46N2O2/c1-2-3-4-5-6-7-8-9-10-11-12-13-14-15-16-17-22(26)24(19-18-23)20-21-25/h25H,2-21,23H2,1H3. The summed E-state index contributed by atoms with van der Waals surface area (Å²) >= 11 is 0. The summed E-state index contributed by atoms with van der Waals surface area (Å²) in [4.78, 5) is 13.7. The highest BCUT2D eigenvalue weighted by molar-refractivity contribution is 5.76. The van der Waals surface area contributed by atoms with Gasteiger partial charge in [-0.25, -0.2) is 0 Å². The molecule has 3 N–H and O–H groups in total. The summed E-state index contributed by atoms with van der Waals surface area (Å²) in [6, 6.07) is 0. The minimum Gasteiger partial charge on any atom is -0.395 e. The lowest BCUT2D eigenvalue weighted by Crippen LogP contribution is -2.37. The summed E-state index contributed by atoms with van der Waals surface area (Å²) in [7, 11) is 0. The van der Waals surface area contributed by atoms with Crippen molar-refractivity contribution in [2.45, 2.75) is 110 Å². The number of hydrogen-bond donors (Lipinski definition) is 2. The molecule has 0 bridgehead atoms. The number of rotatable bonds is 20. The first-order valence-corrected chi connectivity index (χ1v) is 11.3. The van der Waals surface area contributed by atoms with Crippen LogP contribution < -0.4 is 5.73 Å². The van der Waals surface area contributed by atoms with Gasteiger partial charge in [0.2, 0.25) is 5.91 Å². The largest absolute Gasteiger partial charge is 0.395 e. The molecule has 4 heteroatoms. The SMILES string of the molecule is CCCCCCCCCCCCCCCCCC(=O)N(CCN)CCO. The molecule has 0 fully saturated rings. The number of nitrogens with zero attached hydrogens (tertiary/aromatic N) is 1. The molecule has 0 aromatic heterocycles. The van der Waals surface area contributed by atoms with Crippen molar-refractivity contribution in [3.63, 3.8) is 0 Å². The molecule has 0 aromatic rings. The Morgan fingerprint density at radius 1 is 0.731 bits per heavy atom. The molecule has 0 aromatic carbocycles. The van der Waals surface area contributed by atoms with E-state index in [1.54, 1.807) is 4.90 Å². The number of unbranched alkanes of at least 4 members (excludes halogenated alkanes) is 14. The van der Waals surface area contributed by atoms with Crippen LogP contribution >= 0.6 is 0 Å². The first-order chi connectivity index (χ1) is 12.8. The Labute approximate surface area is 162 Å². The minimum absolute atomic E-state index is 0.0184. The van der Waals surface area contributed by atoms with Gasteiger partial charge in [0.1, 0.15) is 0 Å². The van der Waals surface area contributed by atoms with Crippen LogP contribution in [0.15, 0.2) is 0 Å². The van der Waals surface area contributed by atoms with Gasteiger partial charge in [0.05, 0.1) is 6.61 Å². The summed E-state index contributed by atoms with van der Waals surface area (Å²) in [5, 5.41) is 8.98. The molecule has 1 amide bonds. The van der Waals surface area contributed by atoms with Crippen molar-refractivity contribution >= 4 is 5.91 Å². The van der Waals surface area contributed by atoms with E-state index >= 15 is 0 Å². The zero-order valence-electron chi connectivity index (χ0n) is 17.5. The highest BCUT2D eigenvalue weighted by atomic mass is 16.3. The van der Waals surface area contributed by atoms with Crippen molar-refractivity contribution in [2.75, 3.05) is 26.2 Å². The van der Waals surface area contributed by atoms with Crippen molar-refractivity contribution in [3.8, 4) is 0 Å². The second kappa shape index (κ2) is 20.7. The van der Waals surface area contributed by atoms with E-state index < -0.39 is 0 Å². The normalized spacial score (nSPS) is 11.0. The average Bonchev–Trinajstić information content (AvgIpc) is 2.64. The Hall–Kier alpha value is -0.610. The van der Waals surface area contributed by atoms with E-state index in [1.165, 1.54) is 83.5 Å². The summed E-state index contributed by atoms with van der Waals surface area (Å²) in [5.41, 5.74) is 5.51. The van der Waals surface area contributed by atoms with Gasteiger partial charge in [-0.05, 0) is 6.42 Å². The van der Waals surface area contributed by atoms with E-state index in [0.29, 0.717) is 26.1 Å². The lowest BCUT2D eigenvalue weighted by atomic mass is 10.0. The molecule has 26 heavy (non-hydrogen) atoms. The third-order valence-electron chi connectivity index (χ3n) is 5.12. The molecular formula is C22H46N2O2. The Morgan fingerprint density at radius 2 is 1.15 bits per heavy atom. The van der Waals surface area contributed by atoms with Gasteiger partial charge >= 0.3 is 0 Å². The Bertz CT molecular complexity index is 292. The molecule has 0 spiro atoms. The van der Waals surface area contributed by atoms with Gasteiger partial charge in [-0.3, -0.25) is 4.79 Å². The van der Waals surface area contributed by atoms with E-state index in [4.69, 9.17) is 10.8 Å². The predicted octanol–water partition coefficient (Wildman–Crippen LogP) is 5.03. The first-order valence-electron chi connectivity index (χ1n) is 11.3. The Balaban J connectivity index is 3.29. The summed E-state index contributed by atoms with van der Waals surface area (Å²) in [6.07, 6.45) is 20.6. The van der Waals surface area contributed by atoms with E-state index in [0.717, 1.165) is 12.8 Å². The fourth-order valence-corrected chi connectivity index (χ4v) is 3.44. The Kier molecular flexibility index (Phi) is 20.2. The van der Waals surface area contributed by atoms with Crippen molar-refractivity contribution < 1.29 is 9.90 Å². The number of hydrogen-bond acceptors (Lipinski definition) is 3. The van der Waals surface area contributed by atoms with E-state index in [9.17, 15) is 4.79 Å².